The van der Waals surface area contributed by atoms with Gasteiger partial charge in [-0.15, -0.1) is 11.3 Å². The first kappa shape index (κ1) is 17.1. The molecule has 2 aromatic carbocycles. The number of halogens is 1. The van der Waals surface area contributed by atoms with Gasteiger partial charge in [-0.2, -0.15) is 0 Å². The summed E-state index contributed by atoms with van der Waals surface area (Å²) >= 11 is 1.38. The number of fused-ring (bicyclic) bond motifs is 1. The van der Waals surface area contributed by atoms with Crippen LogP contribution in [0.3, 0.4) is 0 Å². The summed E-state index contributed by atoms with van der Waals surface area (Å²) in [5.41, 5.74) is 1.47. The zero-order valence-electron chi connectivity index (χ0n) is 14.1. The number of thiophene rings is 1. The summed E-state index contributed by atoms with van der Waals surface area (Å²) in [6, 6.07) is 15.4. The molecule has 4 aromatic rings. The van der Waals surface area contributed by atoms with Gasteiger partial charge in [-0.3, -0.25) is 14.2 Å². The van der Waals surface area contributed by atoms with Crippen LogP contribution in [-0.2, 0) is 11.3 Å². The molecule has 0 fully saturated rings. The van der Waals surface area contributed by atoms with Crippen LogP contribution in [0.1, 0.15) is 0 Å². The minimum absolute atomic E-state index is 0.0742. The Bertz CT molecular complexity index is 1180. The third kappa shape index (κ3) is 3.37. The summed E-state index contributed by atoms with van der Waals surface area (Å²) in [6.07, 6.45) is 1.34. The summed E-state index contributed by atoms with van der Waals surface area (Å²) in [4.78, 5) is 30.1. The second kappa shape index (κ2) is 7.13. The first-order valence-electron chi connectivity index (χ1n) is 8.20. The Morgan fingerprint density at radius 2 is 1.85 bits per heavy atom. The number of rotatable bonds is 4. The number of nitrogens with one attached hydrogen (secondary N) is 1. The summed E-state index contributed by atoms with van der Waals surface area (Å²) < 4.78 is 14.9. The van der Waals surface area contributed by atoms with Crippen molar-refractivity contribution in [2.45, 2.75) is 6.54 Å². The fraction of sp³-hybridized carbons (Fsp3) is 0.0500. The molecule has 0 bridgehead atoms. The number of hydrogen-bond donors (Lipinski definition) is 1. The lowest BCUT2D eigenvalue weighted by Crippen LogP contribution is -2.28. The molecule has 0 aliphatic carbocycles. The molecule has 5 nitrogen and oxygen atoms in total. The summed E-state index contributed by atoms with van der Waals surface area (Å²) in [5, 5.41) is 4.84. The molecule has 2 heterocycles. The monoisotopic (exact) mass is 379 g/mol. The number of hydrogen-bond acceptors (Lipinski definition) is 4. The Kier molecular flexibility index (Phi) is 4.52. The predicted molar refractivity (Wildman–Crippen MR) is 104 cm³/mol. The molecule has 1 N–H and O–H groups in total. The molecule has 0 radical (unpaired) electrons. The third-order valence-electron chi connectivity index (χ3n) is 4.11. The zero-order valence-corrected chi connectivity index (χ0v) is 14.9. The van der Waals surface area contributed by atoms with Crippen molar-refractivity contribution in [1.82, 2.24) is 9.55 Å². The topological polar surface area (TPSA) is 64.0 Å². The molecular weight excluding hydrogens is 365 g/mol. The molecule has 2 aromatic heterocycles. The summed E-state index contributed by atoms with van der Waals surface area (Å²) in [5.74, 6) is -1.03. The van der Waals surface area contributed by atoms with Crippen molar-refractivity contribution in [3.63, 3.8) is 0 Å². The number of anilines is 1. The maximum absolute atomic E-state index is 13.7. The highest BCUT2D eigenvalue weighted by molar-refractivity contribution is 7.17. The van der Waals surface area contributed by atoms with E-state index in [1.165, 1.54) is 40.4 Å². The van der Waals surface area contributed by atoms with Gasteiger partial charge >= 0.3 is 0 Å². The first-order chi connectivity index (χ1) is 13.1. The average Bonchev–Trinajstić information content (AvgIpc) is 3.11. The van der Waals surface area contributed by atoms with Crippen LogP contribution in [0.15, 0.2) is 71.1 Å². The van der Waals surface area contributed by atoms with Crippen molar-refractivity contribution in [1.29, 1.82) is 0 Å². The largest absolute Gasteiger partial charge is 0.322 e. The van der Waals surface area contributed by atoms with Gasteiger partial charge in [-0.25, -0.2) is 9.37 Å². The van der Waals surface area contributed by atoms with Crippen molar-refractivity contribution >= 4 is 33.1 Å². The van der Waals surface area contributed by atoms with Crippen LogP contribution in [0.5, 0.6) is 0 Å². The Labute approximate surface area is 157 Å². The van der Waals surface area contributed by atoms with Gasteiger partial charge in [0.1, 0.15) is 17.2 Å². The van der Waals surface area contributed by atoms with Gasteiger partial charge in [-0.1, -0.05) is 42.5 Å². The standard InChI is InChI=1S/C20H14FN3O2S/c21-15-8-4-5-9-16(15)23-17(25)10-24-12-22-19-18(20(24)26)14(11-27-19)13-6-2-1-3-7-13/h1-9,11-12H,10H2,(H,23,25). The second-order valence-electron chi connectivity index (χ2n) is 5.90. The highest BCUT2D eigenvalue weighted by Gasteiger charge is 2.15. The number of nitrogens with zero attached hydrogens (tertiary/aromatic N) is 2. The quantitative estimate of drug-likeness (QED) is 0.585. The Morgan fingerprint density at radius 3 is 2.63 bits per heavy atom. The number of aromatic nitrogens is 2. The van der Waals surface area contributed by atoms with Crippen LogP contribution < -0.4 is 10.9 Å². The molecule has 27 heavy (non-hydrogen) atoms. The lowest BCUT2D eigenvalue weighted by atomic mass is 10.1. The van der Waals surface area contributed by atoms with E-state index in [2.05, 4.69) is 10.3 Å². The van der Waals surface area contributed by atoms with E-state index in [4.69, 9.17) is 0 Å². The molecule has 134 valence electrons. The lowest BCUT2D eigenvalue weighted by Gasteiger charge is -2.08. The second-order valence-corrected chi connectivity index (χ2v) is 6.76. The number of para-hydroxylation sites is 1. The highest BCUT2D eigenvalue weighted by atomic mass is 32.1. The van der Waals surface area contributed by atoms with Crippen molar-refractivity contribution in [2.75, 3.05) is 5.32 Å². The van der Waals surface area contributed by atoms with Gasteiger partial charge < -0.3 is 5.32 Å². The van der Waals surface area contributed by atoms with E-state index >= 15 is 0 Å². The minimum Gasteiger partial charge on any atom is -0.322 e. The summed E-state index contributed by atoms with van der Waals surface area (Å²) in [6.45, 7) is -0.250. The van der Waals surface area contributed by atoms with E-state index < -0.39 is 11.7 Å². The van der Waals surface area contributed by atoms with Crippen molar-refractivity contribution in [3.8, 4) is 11.1 Å². The first-order valence-corrected chi connectivity index (χ1v) is 9.08. The van der Waals surface area contributed by atoms with Crippen LogP contribution in [-0.4, -0.2) is 15.5 Å². The fourth-order valence-corrected chi connectivity index (χ4v) is 3.72. The fourth-order valence-electron chi connectivity index (χ4n) is 2.82. The molecule has 0 unspecified atom stereocenters. The molecule has 0 spiro atoms. The van der Waals surface area contributed by atoms with E-state index in [0.29, 0.717) is 10.2 Å². The van der Waals surface area contributed by atoms with Crippen LogP contribution in [0.2, 0.25) is 0 Å². The van der Waals surface area contributed by atoms with E-state index in [1.807, 2.05) is 35.7 Å². The molecule has 0 saturated heterocycles. The SMILES string of the molecule is O=C(Cn1cnc2scc(-c3ccccc3)c2c1=O)Nc1ccccc1F. The van der Waals surface area contributed by atoms with E-state index in [0.717, 1.165) is 11.1 Å². The molecule has 7 heteroatoms. The molecular formula is C20H14FN3O2S. The maximum Gasteiger partial charge on any atom is 0.263 e. The summed E-state index contributed by atoms with van der Waals surface area (Å²) in [7, 11) is 0. The van der Waals surface area contributed by atoms with Gasteiger partial charge in [0.05, 0.1) is 17.4 Å². The number of carbonyl (C=O) groups is 1. The third-order valence-corrected chi connectivity index (χ3v) is 4.99. The average molecular weight is 379 g/mol. The van der Waals surface area contributed by atoms with Crippen LogP contribution >= 0.6 is 11.3 Å². The predicted octanol–water partition coefficient (Wildman–Crippen LogP) is 3.90. The van der Waals surface area contributed by atoms with Gasteiger partial charge in [0.15, 0.2) is 0 Å². The van der Waals surface area contributed by atoms with E-state index in [9.17, 15) is 14.0 Å². The van der Waals surface area contributed by atoms with Gasteiger partial charge in [0.2, 0.25) is 5.91 Å². The molecule has 0 saturated carbocycles. The van der Waals surface area contributed by atoms with Crippen LogP contribution in [0, 0.1) is 5.82 Å². The molecule has 0 aliphatic rings. The van der Waals surface area contributed by atoms with Gasteiger partial charge in [0, 0.05) is 10.9 Å². The Hall–Kier alpha value is -3.32. The maximum atomic E-state index is 13.7. The van der Waals surface area contributed by atoms with Gasteiger partial charge in [-0.05, 0) is 17.7 Å². The van der Waals surface area contributed by atoms with Crippen LogP contribution in [0.4, 0.5) is 10.1 Å². The number of benzene rings is 2. The Morgan fingerprint density at radius 1 is 1.11 bits per heavy atom. The number of amides is 1. The molecule has 4 rings (SSSR count). The zero-order chi connectivity index (χ0) is 18.8. The Balaban J connectivity index is 1.67. The van der Waals surface area contributed by atoms with Crippen molar-refractivity contribution < 1.29 is 9.18 Å². The van der Waals surface area contributed by atoms with E-state index in [-0.39, 0.29) is 17.8 Å². The number of carbonyl (C=O) groups excluding carboxylic acids is 1. The highest BCUT2D eigenvalue weighted by Crippen LogP contribution is 2.30. The molecule has 0 atom stereocenters. The minimum atomic E-state index is -0.532. The molecule has 0 aliphatic heterocycles. The van der Waals surface area contributed by atoms with Crippen molar-refractivity contribution in [2.24, 2.45) is 0 Å². The molecule has 1 amide bonds. The smallest absolute Gasteiger partial charge is 0.263 e. The lowest BCUT2D eigenvalue weighted by molar-refractivity contribution is -0.116. The van der Waals surface area contributed by atoms with Gasteiger partial charge in [0.25, 0.3) is 5.56 Å². The van der Waals surface area contributed by atoms with Crippen molar-refractivity contribution in [3.05, 3.63) is 82.5 Å². The van der Waals surface area contributed by atoms with Crippen LogP contribution in [0.25, 0.3) is 21.3 Å². The van der Waals surface area contributed by atoms with E-state index in [1.54, 1.807) is 6.07 Å². The normalized spacial score (nSPS) is 10.9.